The molecule has 0 bridgehead atoms. The molecule has 10 nitrogen and oxygen atoms in total. The van der Waals surface area contributed by atoms with E-state index in [-0.39, 0.29) is 29.1 Å². The smallest absolute Gasteiger partial charge is 0.375 e. The van der Waals surface area contributed by atoms with E-state index in [9.17, 15) is 22.8 Å². The summed E-state index contributed by atoms with van der Waals surface area (Å²) in [5, 5.41) is 7.29. The number of aromatic nitrogens is 4. The summed E-state index contributed by atoms with van der Waals surface area (Å²) in [5.41, 5.74) is 1.45. The van der Waals surface area contributed by atoms with Crippen molar-refractivity contribution in [2.45, 2.75) is 45.0 Å². The van der Waals surface area contributed by atoms with E-state index in [4.69, 9.17) is 16.3 Å². The number of carbonyl (C=O) groups excluding carboxylic acids is 2. The predicted octanol–water partition coefficient (Wildman–Crippen LogP) is 4.55. The lowest BCUT2D eigenvalue weighted by atomic mass is 9.95. The Morgan fingerprint density at radius 1 is 1.26 bits per heavy atom. The maximum atomic E-state index is 14.2. The van der Waals surface area contributed by atoms with Gasteiger partial charge >= 0.3 is 6.18 Å². The summed E-state index contributed by atoms with van der Waals surface area (Å²) >= 11 is 5.94. The third-order valence-corrected chi connectivity index (χ3v) is 7.04. The highest BCUT2D eigenvalue weighted by atomic mass is 35.5. The van der Waals surface area contributed by atoms with Crippen LogP contribution < -0.4 is 5.32 Å². The Morgan fingerprint density at radius 3 is 2.56 bits per heavy atom. The Hall–Kier alpha value is -3.45. The van der Waals surface area contributed by atoms with Crippen molar-refractivity contribution in [2.75, 3.05) is 32.6 Å². The van der Waals surface area contributed by atoms with Gasteiger partial charge in [-0.25, -0.2) is 4.98 Å². The number of ether oxygens (including phenoxy) is 1. The van der Waals surface area contributed by atoms with Gasteiger partial charge in [0, 0.05) is 39.9 Å². The standard InChI is InChI=1S/C25H29ClF3N7O3/c1-14(39-4)20-19(12-30-24-32-23(26)33-36(20)24)31-18-9-7-16(8-10-18)21(25(27,28)29)34(3)22(38)17-6-5-11-35(13-17)15(2)37/h7-10,12,14,17,21,31H,5-6,11,13H2,1-4H3/t14-,17?,21-/m0/s1. The molecule has 0 aliphatic carbocycles. The Balaban J connectivity index is 1.58. The Bertz CT molecular complexity index is 1350. The number of rotatable bonds is 7. The van der Waals surface area contributed by atoms with Crippen LogP contribution in [-0.2, 0) is 14.3 Å². The van der Waals surface area contributed by atoms with E-state index in [0.717, 1.165) is 11.9 Å². The van der Waals surface area contributed by atoms with Gasteiger partial charge in [-0.05, 0) is 49.1 Å². The van der Waals surface area contributed by atoms with Crippen molar-refractivity contribution >= 4 is 40.6 Å². The number of piperidine rings is 1. The average molecular weight is 568 g/mol. The zero-order valence-electron chi connectivity index (χ0n) is 21.9. The van der Waals surface area contributed by atoms with E-state index in [1.807, 2.05) is 0 Å². The number of carbonyl (C=O) groups is 2. The predicted molar refractivity (Wildman–Crippen MR) is 137 cm³/mol. The minimum Gasteiger partial charge on any atom is -0.375 e. The SMILES string of the molecule is CO[C@@H](C)c1c(Nc2ccc([C@H](N(C)C(=O)C3CCCN(C(C)=O)C3)C(F)(F)F)cc2)cnc2nc(Cl)nn12. The Morgan fingerprint density at radius 2 is 1.95 bits per heavy atom. The number of alkyl halides is 3. The van der Waals surface area contributed by atoms with E-state index in [1.165, 1.54) is 53.9 Å². The summed E-state index contributed by atoms with van der Waals surface area (Å²) < 4.78 is 49.6. The van der Waals surface area contributed by atoms with Gasteiger partial charge in [0.1, 0.15) is 0 Å². The number of anilines is 2. The van der Waals surface area contributed by atoms with Crippen LogP contribution in [-0.4, -0.2) is 74.6 Å². The van der Waals surface area contributed by atoms with Crippen molar-refractivity contribution in [1.82, 2.24) is 29.4 Å². The van der Waals surface area contributed by atoms with Crippen molar-refractivity contribution in [1.29, 1.82) is 0 Å². The molecule has 210 valence electrons. The highest BCUT2D eigenvalue weighted by Crippen LogP contribution is 2.39. The van der Waals surface area contributed by atoms with Crippen LogP contribution in [0.5, 0.6) is 0 Å². The van der Waals surface area contributed by atoms with Gasteiger partial charge in [0.05, 0.1) is 29.6 Å². The van der Waals surface area contributed by atoms with Gasteiger partial charge in [0.25, 0.3) is 5.78 Å². The van der Waals surface area contributed by atoms with Gasteiger partial charge in [-0.3, -0.25) is 9.59 Å². The molecule has 14 heteroatoms. The summed E-state index contributed by atoms with van der Waals surface area (Å²) in [7, 11) is 2.68. The molecule has 1 saturated heterocycles. The fraction of sp³-hybridized carbons (Fsp3) is 0.480. The second kappa shape index (κ2) is 11.3. The Kier molecular flexibility index (Phi) is 8.31. The largest absolute Gasteiger partial charge is 0.413 e. The molecule has 3 atom stereocenters. The number of hydrogen-bond acceptors (Lipinski definition) is 7. The first-order chi connectivity index (χ1) is 18.4. The molecule has 4 rings (SSSR count). The van der Waals surface area contributed by atoms with Crippen LogP contribution in [0.25, 0.3) is 5.78 Å². The van der Waals surface area contributed by atoms with Crippen LogP contribution in [0, 0.1) is 5.92 Å². The monoisotopic (exact) mass is 567 g/mol. The molecule has 0 saturated carbocycles. The number of fused-ring (bicyclic) bond motifs is 1. The van der Waals surface area contributed by atoms with Crippen LogP contribution in [0.15, 0.2) is 30.5 Å². The molecule has 2 amide bonds. The molecular weight excluding hydrogens is 539 g/mol. The Labute approximate surface area is 228 Å². The third-order valence-electron chi connectivity index (χ3n) is 6.88. The zero-order valence-corrected chi connectivity index (χ0v) is 22.6. The number of likely N-dealkylation sites (tertiary alicyclic amines) is 1. The first-order valence-electron chi connectivity index (χ1n) is 12.3. The molecule has 1 fully saturated rings. The summed E-state index contributed by atoms with van der Waals surface area (Å²) in [4.78, 5) is 35.4. The lowest BCUT2D eigenvalue weighted by Gasteiger charge is -2.37. The molecule has 1 unspecified atom stereocenters. The summed E-state index contributed by atoms with van der Waals surface area (Å²) in [6.45, 7) is 3.79. The van der Waals surface area contributed by atoms with Crippen molar-refractivity contribution < 1.29 is 27.5 Å². The maximum Gasteiger partial charge on any atom is 0.413 e. The number of nitrogens with zero attached hydrogens (tertiary/aromatic N) is 6. The van der Waals surface area contributed by atoms with Gasteiger partial charge in [-0.1, -0.05) is 12.1 Å². The molecule has 3 heterocycles. The van der Waals surface area contributed by atoms with Crippen molar-refractivity contribution in [3.63, 3.8) is 0 Å². The minimum atomic E-state index is -4.71. The lowest BCUT2D eigenvalue weighted by Crippen LogP contribution is -2.48. The first kappa shape index (κ1) is 28.6. The average Bonchev–Trinajstić information content (AvgIpc) is 3.28. The van der Waals surface area contributed by atoms with Gasteiger partial charge in [-0.15, -0.1) is 5.10 Å². The molecule has 39 heavy (non-hydrogen) atoms. The van der Waals surface area contributed by atoms with E-state index in [1.54, 1.807) is 6.92 Å². The van der Waals surface area contributed by atoms with Crippen LogP contribution in [0.4, 0.5) is 24.5 Å². The van der Waals surface area contributed by atoms with E-state index >= 15 is 0 Å². The van der Waals surface area contributed by atoms with Gasteiger partial charge in [0.15, 0.2) is 6.04 Å². The maximum absolute atomic E-state index is 14.2. The first-order valence-corrected chi connectivity index (χ1v) is 12.7. The van der Waals surface area contributed by atoms with Crippen LogP contribution in [0.2, 0.25) is 5.28 Å². The van der Waals surface area contributed by atoms with Crippen LogP contribution in [0.1, 0.15) is 50.1 Å². The molecule has 1 aliphatic rings. The molecule has 1 aliphatic heterocycles. The molecule has 1 N–H and O–H groups in total. The van der Waals surface area contributed by atoms with Crippen LogP contribution in [0.3, 0.4) is 0 Å². The topological polar surface area (TPSA) is 105 Å². The number of amides is 2. The van der Waals surface area contributed by atoms with Crippen molar-refractivity contribution in [3.8, 4) is 0 Å². The quantitative estimate of drug-likeness (QED) is 0.446. The molecule has 1 aromatic carbocycles. The molecule has 0 radical (unpaired) electrons. The lowest BCUT2D eigenvalue weighted by molar-refractivity contribution is -0.191. The van der Waals surface area contributed by atoms with Crippen molar-refractivity contribution in [3.05, 3.63) is 47.0 Å². The summed E-state index contributed by atoms with van der Waals surface area (Å²) in [6.07, 6.45) is -2.65. The second-order valence-corrected chi connectivity index (χ2v) is 9.81. The number of methoxy groups -OCH3 is 1. The normalized spacial score (nSPS) is 17.6. The molecule has 3 aromatic rings. The highest BCUT2D eigenvalue weighted by Gasteiger charge is 2.46. The summed E-state index contributed by atoms with van der Waals surface area (Å²) in [5.74, 6) is -1.26. The molecule has 0 spiro atoms. The number of hydrogen-bond donors (Lipinski definition) is 1. The van der Waals surface area contributed by atoms with E-state index < -0.39 is 30.1 Å². The minimum absolute atomic E-state index is 0.00708. The fourth-order valence-electron chi connectivity index (χ4n) is 4.84. The third kappa shape index (κ3) is 6.09. The van der Waals surface area contributed by atoms with Gasteiger partial charge in [-0.2, -0.15) is 22.7 Å². The molecule has 2 aromatic heterocycles. The number of benzene rings is 1. The fourth-order valence-corrected chi connectivity index (χ4v) is 4.99. The van der Waals surface area contributed by atoms with E-state index in [2.05, 4.69) is 20.4 Å². The number of nitrogens with one attached hydrogen (secondary N) is 1. The van der Waals surface area contributed by atoms with Gasteiger partial charge in [0.2, 0.25) is 17.1 Å². The van der Waals surface area contributed by atoms with Crippen molar-refractivity contribution in [2.24, 2.45) is 5.92 Å². The number of halogens is 4. The van der Waals surface area contributed by atoms with Gasteiger partial charge < -0.3 is 19.9 Å². The van der Waals surface area contributed by atoms with Crippen LogP contribution >= 0.6 is 11.6 Å². The summed E-state index contributed by atoms with van der Waals surface area (Å²) in [6, 6.07) is 3.48. The zero-order chi connectivity index (χ0) is 28.5. The van der Waals surface area contributed by atoms with E-state index in [0.29, 0.717) is 36.5 Å². The molecular formula is C25H29ClF3N7O3. The second-order valence-electron chi connectivity index (χ2n) is 9.47. The highest BCUT2D eigenvalue weighted by molar-refractivity contribution is 6.28.